The van der Waals surface area contributed by atoms with Gasteiger partial charge in [-0.25, -0.2) is 4.79 Å². The van der Waals surface area contributed by atoms with Crippen molar-refractivity contribution in [2.24, 2.45) is 5.92 Å². The quantitative estimate of drug-likeness (QED) is 0.214. The zero-order valence-electron chi connectivity index (χ0n) is 19.5. The number of carbonyl (C=O) groups is 2. The molecular formula is C27H32O7. The van der Waals surface area contributed by atoms with E-state index in [1.54, 1.807) is 31.2 Å². The molecule has 1 aliphatic rings. The van der Waals surface area contributed by atoms with Crippen LogP contribution in [0.15, 0.2) is 36.4 Å². The number of phenolic OH excluding ortho intramolecular Hbond substituents is 2. The average Bonchev–Trinajstić information content (AvgIpc) is 3.31. The summed E-state index contributed by atoms with van der Waals surface area (Å²) in [4.78, 5) is 23.2. The monoisotopic (exact) mass is 468 g/mol. The van der Waals surface area contributed by atoms with E-state index in [-0.39, 0.29) is 17.3 Å². The van der Waals surface area contributed by atoms with Crippen LogP contribution < -0.4 is 9.47 Å². The van der Waals surface area contributed by atoms with E-state index < -0.39 is 5.97 Å². The number of benzene rings is 2. The summed E-state index contributed by atoms with van der Waals surface area (Å²) in [6.07, 6.45) is 8.74. The summed E-state index contributed by atoms with van der Waals surface area (Å²) in [7, 11) is 0. The molecule has 0 aromatic heterocycles. The summed E-state index contributed by atoms with van der Waals surface area (Å²) in [5, 5.41) is 29.1. The van der Waals surface area contributed by atoms with Gasteiger partial charge in [-0.3, -0.25) is 4.79 Å². The Kier molecular flexibility index (Phi) is 8.96. The minimum Gasteiger partial charge on any atom is -0.507 e. The van der Waals surface area contributed by atoms with E-state index in [1.807, 2.05) is 0 Å². The van der Waals surface area contributed by atoms with E-state index in [0.29, 0.717) is 66.6 Å². The third-order valence-electron chi connectivity index (χ3n) is 6.10. The predicted molar refractivity (Wildman–Crippen MR) is 129 cm³/mol. The first kappa shape index (κ1) is 25.1. The highest BCUT2D eigenvalue weighted by Crippen LogP contribution is 2.34. The third-order valence-corrected chi connectivity index (χ3v) is 6.10. The van der Waals surface area contributed by atoms with Crippen molar-refractivity contribution in [3.05, 3.63) is 53.1 Å². The molecule has 3 rings (SSSR count). The zero-order chi connectivity index (χ0) is 24.5. The van der Waals surface area contributed by atoms with Crippen LogP contribution in [-0.2, 0) is 4.79 Å². The number of carbonyl (C=O) groups excluding carboxylic acids is 1. The molecule has 0 radical (unpaired) electrons. The number of Topliss-reactive ketones (excluding diaryl/α,β-unsaturated/α-hetero) is 1. The molecule has 0 aliphatic heterocycles. The highest BCUT2D eigenvalue weighted by Gasteiger charge is 2.22. The average molecular weight is 469 g/mol. The van der Waals surface area contributed by atoms with Crippen molar-refractivity contribution < 1.29 is 34.4 Å². The summed E-state index contributed by atoms with van der Waals surface area (Å²) >= 11 is 0. The van der Waals surface area contributed by atoms with E-state index in [4.69, 9.17) is 14.6 Å². The third kappa shape index (κ3) is 7.01. The van der Waals surface area contributed by atoms with Crippen LogP contribution in [-0.4, -0.2) is 40.3 Å². The summed E-state index contributed by atoms with van der Waals surface area (Å²) in [6, 6.07) is 8.10. The van der Waals surface area contributed by atoms with Crippen molar-refractivity contribution in [2.75, 3.05) is 13.2 Å². The second-order valence-corrected chi connectivity index (χ2v) is 8.66. The van der Waals surface area contributed by atoms with Crippen molar-refractivity contribution >= 4 is 17.8 Å². The predicted octanol–water partition coefficient (Wildman–Crippen LogP) is 5.51. The van der Waals surface area contributed by atoms with Gasteiger partial charge in [-0.2, -0.15) is 0 Å². The molecule has 3 N–H and O–H groups in total. The highest BCUT2D eigenvalue weighted by molar-refractivity contribution is 5.99. The fourth-order valence-electron chi connectivity index (χ4n) is 4.14. The summed E-state index contributed by atoms with van der Waals surface area (Å²) in [5.41, 5.74) is 1.34. The number of aliphatic carboxylic acids is 1. The molecule has 0 spiro atoms. The number of ketones is 1. The molecule has 1 fully saturated rings. The van der Waals surface area contributed by atoms with E-state index in [0.717, 1.165) is 18.9 Å². The lowest BCUT2D eigenvalue weighted by Crippen LogP contribution is -2.08. The number of ether oxygens (including phenoxy) is 2. The first-order chi connectivity index (χ1) is 16.3. The van der Waals surface area contributed by atoms with Gasteiger partial charge in [-0.1, -0.05) is 25.7 Å². The maximum Gasteiger partial charge on any atom is 0.328 e. The fourth-order valence-corrected chi connectivity index (χ4v) is 4.14. The van der Waals surface area contributed by atoms with Crippen molar-refractivity contribution in [3.63, 3.8) is 0 Å². The zero-order valence-corrected chi connectivity index (χ0v) is 19.5. The van der Waals surface area contributed by atoms with Gasteiger partial charge in [-0.05, 0) is 56.0 Å². The molecule has 0 bridgehead atoms. The summed E-state index contributed by atoms with van der Waals surface area (Å²) in [6.45, 7) is 2.61. The van der Waals surface area contributed by atoms with Crippen LogP contribution in [0, 0.1) is 12.8 Å². The van der Waals surface area contributed by atoms with E-state index >= 15 is 0 Å². The van der Waals surface area contributed by atoms with Crippen LogP contribution in [0.5, 0.6) is 23.0 Å². The molecule has 0 unspecified atom stereocenters. The van der Waals surface area contributed by atoms with Crippen molar-refractivity contribution in [2.45, 2.75) is 51.9 Å². The number of carboxylic acids is 1. The van der Waals surface area contributed by atoms with E-state index in [1.165, 1.54) is 25.0 Å². The maximum absolute atomic E-state index is 12.6. The minimum absolute atomic E-state index is 0.00489. The minimum atomic E-state index is -1.09. The van der Waals surface area contributed by atoms with Crippen LogP contribution in [0.25, 0.3) is 6.08 Å². The summed E-state index contributed by atoms with van der Waals surface area (Å²) in [5.74, 6) is 0.338. The Morgan fingerprint density at radius 2 is 1.74 bits per heavy atom. The lowest BCUT2D eigenvalue weighted by molar-refractivity contribution is -0.131. The largest absolute Gasteiger partial charge is 0.507 e. The number of unbranched alkanes of at least 4 members (excludes halogenated alkanes) is 1. The molecule has 0 saturated heterocycles. The molecular weight excluding hydrogens is 436 g/mol. The second-order valence-electron chi connectivity index (χ2n) is 8.66. The highest BCUT2D eigenvalue weighted by atomic mass is 16.5. The Labute approximate surface area is 199 Å². The van der Waals surface area contributed by atoms with Crippen LogP contribution in [0.4, 0.5) is 0 Å². The molecule has 34 heavy (non-hydrogen) atoms. The molecule has 7 heteroatoms. The topological polar surface area (TPSA) is 113 Å². The van der Waals surface area contributed by atoms with Gasteiger partial charge in [0.1, 0.15) is 23.0 Å². The fraction of sp³-hybridized carbons (Fsp3) is 0.407. The molecule has 0 atom stereocenters. The maximum atomic E-state index is 12.6. The van der Waals surface area contributed by atoms with Crippen LogP contribution in [0.1, 0.15) is 66.4 Å². The van der Waals surface area contributed by atoms with Gasteiger partial charge in [-0.15, -0.1) is 0 Å². The molecule has 0 amide bonds. The Morgan fingerprint density at radius 1 is 1.03 bits per heavy atom. The van der Waals surface area contributed by atoms with Crippen molar-refractivity contribution in [1.82, 2.24) is 0 Å². The molecule has 182 valence electrons. The second kappa shape index (κ2) is 12.1. The van der Waals surface area contributed by atoms with Gasteiger partial charge in [0.25, 0.3) is 0 Å². The smallest absolute Gasteiger partial charge is 0.328 e. The van der Waals surface area contributed by atoms with Crippen molar-refractivity contribution in [1.29, 1.82) is 0 Å². The SMILES string of the molecule is Cc1c(OCCCCOc2ccc(/C=C/C(=O)O)c(O)c2)ccc(C(=O)CC2CCCC2)c1O. The van der Waals surface area contributed by atoms with Gasteiger partial charge in [0, 0.05) is 29.7 Å². The Hall–Kier alpha value is -3.48. The van der Waals surface area contributed by atoms with E-state index in [2.05, 4.69) is 0 Å². The number of rotatable bonds is 12. The number of aromatic hydroxyl groups is 2. The van der Waals surface area contributed by atoms with Crippen LogP contribution in [0.2, 0.25) is 0 Å². The first-order valence-corrected chi connectivity index (χ1v) is 11.7. The van der Waals surface area contributed by atoms with Crippen molar-refractivity contribution in [3.8, 4) is 23.0 Å². The molecule has 1 saturated carbocycles. The normalized spacial score (nSPS) is 13.9. The lowest BCUT2D eigenvalue weighted by atomic mass is 9.95. The van der Waals surface area contributed by atoms with Crippen LogP contribution >= 0.6 is 0 Å². The van der Waals surface area contributed by atoms with Gasteiger partial charge in [0.15, 0.2) is 5.78 Å². The number of hydrogen-bond acceptors (Lipinski definition) is 6. The molecule has 1 aliphatic carbocycles. The van der Waals surface area contributed by atoms with Gasteiger partial charge in [0.2, 0.25) is 0 Å². The lowest BCUT2D eigenvalue weighted by Gasteiger charge is -2.14. The van der Waals surface area contributed by atoms with Gasteiger partial charge >= 0.3 is 5.97 Å². The van der Waals surface area contributed by atoms with Gasteiger partial charge < -0.3 is 24.8 Å². The first-order valence-electron chi connectivity index (χ1n) is 11.7. The summed E-state index contributed by atoms with van der Waals surface area (Å²) < 4.78 is 11.4. The Morgan fingerprint density at radius 3 is 2.41 bits per heavy atom. The Balaban J connectivity index is 1.41. The standard InChI is InChI=1S/C27H32O7/c1-18-25(12-11-22(27(18)32)24(29)16-19-6-2-3-7-19)34-15-5-4-14-33-21-10-8-20(23(28)17-21)9-13-26(30)31/h8-13,17,19,28,32H,2-7,14-16H2,1H3,(H,30,31)/b13-9+. The number of phenols is 2. The molecule has 2 aromatic rings. The van der Waals surface area contributed by atoms with Gasteiger partial charge in [0.05, 0.1) is 18.8 Å². The molecule has 0 heterocycles. The number of carboxylic acid groups (broad SMARTS) is 1. The van der Waals surface area contributed by atoms with E-state index in [9.17, 15) is 19.8 Å². The number of hydrogen-bond donors (Lipinski definition) is 3. The van der Waals surface area contributed by atoms with Crippen LogP contribution in [0.3, 0.4) is 0 Å². The Bertz CT molecular complexity index is 1040. The molecule has 2 aromatic carbocycles. The molecule has 7 nitrogen and oxygen atoms in total.